The Morgan fingerprint density at radius 1 is 1.10 bits per heavy atom. The summed E-state index contributed by atoms with van der Waals surface area (Å²) in [6, 6.07) is 20.9. The van der Waals surface area contributed by atoms with Crippen LogP contribution < -0.4 is 0 Å². The fraction of sp³-hybridized carbons (Fsp3) is 0.333. The summed E-state index contributed by atoms with van der Waals surface area (Å²) in [4.78, 5) is 30.9. The molecule has 0 aliphatic carbocycles. The van der Waals surface area contributed by atoms with Crippen molar-refractivity contribution in [2.24, 2.45) is 13.0 Å². The van der Waals surface area contributed by atoms with E-state index in [0.29, 0.717) is 17.8 Å². The minimum atomic E-state index is -0.439. The molecular weight excluding hydrogens is 521 g/mol. The van der Waals surface area contributed by atoms with Crippen LogP contribution in [0.5, 0.6) is 0 Å². The molecule has 0 spiro atoms. The van der Waals surface area contributed by atoms with Gasteiger partial charge in [-0.3, -0.25) is 9.59 Å². The van der Waals surface area contributed by atoms with Gasteiger partial charge in [0.25, 0.3) is 11.8 Å². The van der Waals surface area contributed by atoms with E-state index < -0.39 is 18.0 Å². The number of aromatic nitrogens is 1. The van der Waals surface area contributed by atoms with Gasteiger partial charge in [-0.05, 0) is 48.4 Å². The van der Waals surface area contributed by atoms with Crippen molar-refractivity contribution in [1.82, 2.24) is 14.4 Å². The summed E-state index contributed by atoms with van der Waals surface area (Å²) < 4.78 is 21.9. The van der Waals surface area contributed by atoms with E-state index in [4.69, 9.17) is 4.74 Å². The van der Waals surface area contributed by atoms with Crippen LogP contribution in [-0.2, 0) is 18.4 Å². The number of aliphatic hydroxyl groups excluding tert-OH is 1. The molecule has 0 saturated carbocycles. The summed E-state index contributed by atoms with van der Waals surface area (Å²) in [5.41, 5.74) is 4.59. The van der Waals surface area contributed by atoms with Crippen LogP contribution in [0.3, 0.4) is 0 Å². The number of fused-ring (bicyclic) bond motifs is 5. The van der Waals surface area contributed by atoms with Crippen molar-refractivity contribution in [3.8, 4) is 11.1 Å². The molecule has 214 valence electrons. The number of aliphatic hydroxyl groups is 1. The van der Waals surface area contributed by atoms with Gasteiger partial charge in [0.15, 0.2) is 0 Å². The van der Waals surface area contributed by atoms with E-state index in [-0.39, 0.29) is 37.5 Å². The molecule has 1 aromatic heterocycles. The first-order chi connectivity index (χ1) is 19.7. The molecule has 1 aliphatic rings. The fourth-order valence-electron chi connectivity index (χ4n) is 5.69. The van der Waals surface area contributed by atoms with Gasteiger partial charge in [-0.1, -0.05) is 49.4 Å². The Morgan fingerprint density at radius 2 is 1.78 bits per heavy atom. The van der Waals surface area contributed by atoms with Crippen LogP contribution in [0, 0.1) is 11.7 Å². The lowest BCUT2D eigenvalue weighted by Gasteiger charge is -2.35. The first kappa shape index (κ1) is 28.5. The van der Waals surface area contributed by atoms with Gasteiger partial charge in [0.1, 0.15) is 11.5 Å². The predicted molar refractivity (Wildman–Crippen MR) is 157 cm³/mol. The van der Waals surface area contributed by atoms with Crippen molar-refractivity contribution in [3.05, 3.63) is 95.4 Å². The first-order valence-corrected chi connectivity index (χ1v) is 13.9. The smallest absolute Gasteiger partial charge is 0.271 e. The summed E-state index contributed by atoms with van der Waals surface area (Å²) >= 11 is 0. The van der Waals surface area contributed by atoms with Gasteiger partial charge in [-0.15, -0.1) is 0 Å². The number of carbonyl (C=O) groups is 2. The second-order valence-electron chi connectivity index (χ2n) is 11.0. The largest absolute Gasteiger partial charge is 0.394 e. The molecule has 3 atom stereocenters. The lowest BCUT2D eigenvalue weighted by Crippen LogP contribution is -2.48. The van der Waals surface area contributed by atoms with Crippen LogP contribution in [0.1, 0.15) is 40.3 Å². The standard InChI is InChI=1S/C33H36FN3O4/c1-21-17-37(22(2)19-38)33(40)31-30(27-11-7-8-12-28(27)36(31)4)26-10-6-5-9-24(26)20-41-29(21)18-35(3)32(39)23-13-15-25(34)16-14-23/h5-16,21-22,29,38H,17-20H2,1-4H3/t21-,22+,29+/m1/s1. The van der Waals surface area contributed by atoms with Gasteiger partial charge in [0.2, 0.25) is 0 Å². The Balaban J connectivity index is 1.58. The molecular formula is C33H36FN3O4. The SMILES string of the molecule is C[C@@H]1CN([C@@H](C)CO)C(=O)c2c(c3ccccc3n2C)-c2ccccc2CO[C@H]1CN(C)C(=O)c1ccc(F)cc1. The van der Waals surface area contributed by atoms with Gasteiger partial charge in [-0.2, -0.15) is 0 Å². The number of nitrogens with zero attached hydrogens (tertiary/aromatic N) is 3. The third kappa shape index (κ3) is 5.49. The van der Waals surface area contributed by atoms with Crippen molar-refractivity contribution in [1.29, 1.82) is 0 Å². The van der Waals surface area contributed by atoms with E-state index in [1.165, 1.54) is 24.3 Å². The van der Waals surface area contributed by atoms with Gasteiger partial charge < -0.3 is 24.2 Å². The Hall–Kier alpha value is -4.01. The van der Waals surface area contributed by atoms with Crippen LogP contribution in [-0.4, -0.2) is 70.2 Å². The maximum absolute atomic E-state index is 14.4. The highest BCUT2D eigenvalue weighted by Gasteiger charge is 2.34. The normalized spacial score (nSPS) is 18.4. The third-order valence-electron chi connectivity index (χ3n) is 8.12. The molecule has 0 unspecified atom stereocenters. The van der Waals surface area contributed by atoms with Crippen molar-refractivity contribution in [3.63, 3.8) is 0 Å². The number of aryl methyl sites for hydroxylation is 1. The van der Waals surface area contributed by atoms with Crippen LogP contribution in [0.4, 0.5) is 4.39 Å². The molecule has 5 rings (SSSR count). The number of likely N-dealkylation sites (N-methyl/N-ethyl adjacent to an activating group) is 1. The molecule has 0 radical (unpaired) electrons. The zero-order valence-electron chi connectivity index (χ0n) is 23.9. The molecule has 0 fully saturated rings. The second-order valence-corrected chi connectivity index (χ2v) is 11.0. The quantitative estimate of drug-likeness (QED) is 0.370. The van der Waals surface area contributed by atoms with Crippen LogP contribution >= 0.6 is 0 Å². The molecule has 2 heterocycles. The van der Waals surface area contributed by atoms with E-state index in [2.05, 4.69) is 0 Å². The number of amides is 2. The van der Waals surface area contributed by atoms with Crippen molar-refractivity contribution in [2.75, 3.05) is 26.7 Å². The van der Waals surface area contributed by atoms with Crippen molar-refractivity contribution in [2.45, 2.75) is 32.6 Å². The van der Waals surface area contributed by atoms with Crippen molar-refractivity contribution < 1.29 is 23.8 Å². The average molecular weight is 558 g/mol. The highest BCUT2D eigenvalue weighted by Crippen LogP contribution is 2.38. The number of para-hydroxylation sites is 1. The number of carbonyl (C=O) groups excluding carboxylic acids is 2. The van der Waals surface area contributed by atoms with Crippen LogP contribution in [0.25, 0.3) is 22.0 Å². The summed E-state index contributed by atoms with van der Waals surface area (Å²) in [7, 11) is 3.60. The molecule has 8 heteroatoms. The van der Waals surface area contributed by atoms with E-state index >= 15 is 0 Å². The summed E-state index contributed by atoms with van der Waals surface area (Å²) in [6.07, 6.45) is -0.420. The Morgan fingerprint density at radius 3 is 2.51 bits per heavy atom. The number of rotatable bonds is 5. The number of benzene rings is 3. The molecule has 2 amide bonds. The zero-order chi connectivity index (χ0) is 29.3. The molecule has 0 bridgehead atoms. The van der Waals surface area contributed by atoms with E-state index in [0.717, 1.165) is 27.6 Å². The van der Waals surface area contributed by atoms with E-state index in [1.807, 2.05) is 74.0 Å². The number of ether oxygens (including phenoxy) is 1. The Labute approximate surface area is 239 Å². The number of halogens is 1. The zero-order valence-corrected chi connectivity index (χ0v) is 23.9. The van der Waals surface area contributed by atoms with E-state index in [9.17, 15) is 19.1 Å². The van der Waals surface area contributed by atoms with Gasteiger partial charge in [0.05, 0.1) is 25.4 Å². The van der Waals surface area contributed by atoms with Gasteiger partial charge in [0, 0.05) is 55.1 Å². The first-order valence-electron chi connectivity index (χ1n) is 13.9. The highest BCUT2D eigenvalue weighted by molar-refractivity contribution is 6.10. The summed E-state index contributed by atoms with van der Waals surface area (Å²) in [5.74, 6) is -0.996. The minimum Gasteiger partial charge on any atom is -0.394 e. The maximum atomic E-state index is 14.4. The topological polar surface area (TPSA) is 75.0 Å². The molecule has 7 nitrogen and oxygen atoms in total. The summed E-state index contributed by atoms with van der Waals surface area (Å²) in [6.45, 7) is 4.52. The minimum absolute atomic E-state index is 0.168. The highest BCUT2D eigenvalue weighted by atomic mass is 19.1. The lowest BCUT2D eigenvalue weighted by atomic mass is 9.96. The van der Waals surface area contributed by atoms with E-state index in [1.54, 1.807) is 16.8 Å². The average Bonchev–Trinajstić information content (AvgIpc) is 3.28. The number of hydrogen-bond donors (Lipinski definition) is 1. The molecule has 0 saturated heterocycles. The second kappa shape index (κ2) is 11.8. The molecule has 1 aliphatic heterocycles. The Bertz CT molecular complexity index is 1560. The van der Waals surface area contributed by atoms with Gasteiger partial charge >= 0.3 is 0 Å². The molecule has 4 aromatic rings. The Kier molecular flexibility index (Phi) is 8.24. The van der Waals surface area contributed by atoms with Crippen LogP contribution in [0.15, 0.2) is 72.8 Å². The lowest BCUT2D eigenvalue weighted by molar-refractivity contribution is -0.0210. The third-order valence-corrected chi connectivity index (χ3v) is 8.12. The molecule has 41 heavy (non-hydrogen) atoms. The predicted octanol–water partition coefficient (Wildman–Crippen LogP) is 5.11. The van der Waals surface area contributed by atoms with Crippen LogP contribution in [0.2, 0.25) is 0 Å². The molecule has 3 aromatic carbocycles. The van der Waals surface area contributed by atoms with Crippen molar-refractivity contribution >= 4 is 22.7 Å². The molecule has 1 N–H and O–H groups in total. The maximum Gasteiger partial charge on any atom is 0.271 e. The summed E-state index contributed by atoms with van der Waals surface area (Å²) in [5, 5.41) is 11.1. The fourth-order valence-corrected chi connectivity index (χ4v) is 5.69. The monoisotopic (exact) mass is 557 g/mol. The van der Waals surface area contributed by atoms with Gasteiger partial charge in [-0.25, -0.2) is 4.39 Å². The number of hydrogen-bond acceptors (Lipinski definition) is 4.